The van der Waals surface area contributed by atoms with Crippen LogP contribution in [-0.4, -0.2) is 45.5 Å². The number of piperidine rings is 1. The minimum atomic E-state index is -0.478. The quantitative estimate of drug-likeness (QED) is 0.822. The van der Waals surface area contributed by atoms with Gasteiger partial charge in [0.2, 0.25) is 0 Å². The van der Waals surface area contributed by atoms with Gasteiger partial charge >= 0.3 is 6.09 Å². The van der Waals surface area contributed by atoms with Crippen LogP contribution in [0, 0.1) is 0 Å². The van der Waals surface area contributed by atoms with E-state index in [9.17, 15) is 4.79 Å². The van der Waals surface area contributed by atoms with E-state index in [2.05, 4.69) is 27.6 Å². The summed E-state index contributed by atoms with van der Waals surface area (Å²) in [5, 5.41) is 10.7. The zero-order valence-electron chi connectivity index (χ0n) is 17.4. The molecule has 7 heteroatoms. The molecule has 2 aromatic rings. The van der Waals surface area contributed by atoms with E-state index in [1.807, 2.05) is 39.0 Å². The van der Waals surface area contributed by atoms with Crippen LogP contribution in [0.15, 0.2) is 36.5 Å². The van der Waals surface area contributed by atoms with Crippen LogP contribution >= 0.6 is 0 Å². The van der Waals surface area contributed by atoms with Crippen LogP contribution in [0.5, 0.6) is 5.75 Å². The maximum atomic E-state index is 12.4. The molecule has 1 atom stereocenters. The van der Waals surface area contributed by atoms with E-state index in [4.69, 9.17) is 9.47 Å². The molecule has 2 aliphatic heterocycles. The van der Waals surface area contributed by atoms with E-state index in [-0.39, 0.29) is 17.7 Å². The second-order valence-corrected chi connectivity index (χ2v) is 9.01. The van der Waals surface area contributed by atoms with Crippen molar-refractivity contribution in [3.8, 4) is 5.75 Å². The Morgan fingerprint density at radius 1 is 1.31 bits per heavy atom. The predicted molar refractivity (Wildman–Crippen MR) is 110 cm³/mol. The molecule has 0 radical (unpaired) electrons. The smallest absolute Gasteiger partial charge is 0.410 e. The van der Waals surface area contributed by atoms with Gasteiger partial charge in [-0.1, -0.05) is 18.2 Å². The summed E-state index contributed by atoms with van der Waals surface area (Å²) in [4.78, 5) is 14.2. The average Bonchev–Trinajstić information content (AvgIpc) is 3.19. The number of amides is 1. The van der Waals surface area contributed by atoms with Gasteiger partial charge in [-0.05, 0) is 32.9 Å². The number of ether oxygens (including phenoxy) is 2. The molecule has 3 heterocycles. The molecule has 1 unspecified atom stereocenters. The number of carbonyl (C=O) groups excluding carboxylic acids is 1. The molecule has 0 saturated carbocycles. The van der Waals surface area contributed by atoms with E-state index in [1.54, 1.807) is 11.1 Å². The molecule has 156 valence electrons. The first-order valence-corrected chi connectivity index (χ1v) is 10.3. The van der Waals surface area contributed by atoms with E-state index in [1.165, 1.54) is 5.56 Å². The van der Waals surface area contributed by atoms with Crippen molar-refractivity contribution < 1.29 is 14.3 Å². The third-order valence-electron chi connectivity index (χ3n) is 5.62. The highest BCUT2D eigenvalue weighted by molar-refractivity contribution is 5.68. The normalized spacial score (nSPS) is 20.8. The summed E-state index contributed by atoms with van der Waals surface area (Å²) in [6, 6.07) is 10.4. The Hall–Kier alpha value is -2.54. The topological polar surface area (TPSA) is 79.5 Å². The number of aromatic amines is 1. The molecule has 0 aliphatic carbocycles. The number of aromatic nitrogens is 2. The number of likely N-dealkylation sites (tertiary alicyclic amines) is 1. The molecular weight excluding hydrogens is 368 g/mol. The zero-order valence-corrected chi connectivity index (χ0v) is 17.4. The molecule has 1 amide bonds. The molecule has 1 fully saturated rings. The fraction of sp³-hybridized carbons (Fsp3) is 0.545. The van der Waals surface area contributed by atoms with Crippen LogP contribution in [-0.2, 0) is 11.3 Å². The Kier molecular flexibility index (Phi) is 5.25. The third-order valence-corrected chi connectivity index (χ3v) is 5.62. The van der Waals surface area contributed by atoms with Gasteiger partial charge in [-0.15, -0.1) is 0 Å². The summed E-state index contributed by atoms with van der Waals surface area (Å²) in [6.07, 6.45) is 3.99. The number of hydrogen-bond donors (Lipinski definition) is 2. The van der Waals surface area contributed by atoms with Gasteiger partial charge < -0.3 is 19.7 Å². The van der Waals surface area contributed by atoms with Gasteiger partial charge in [0.15, 0.2) is 0 Å². The Bertz CT molecular complexity index is 836. The van der Waals surface area contributed by atoms with Gasteiger partial charge in [-0.2, -0.15) is 5.10 Å². The van der Waals surface area contributed by atoms with Crippen LogP contribution in [0.3, 0.4) is 0 Å². The second-order valence-electron chi connectivity index (χ2n) is 9.01. The molecule has 1 aromatic heterocycles. The van der Waals surface area contributed by atoms with Crippen molar-refractivity contribution in [1.29, 1.82) is 0 Å². The van der Waals surface area contributed by atoms with Crippen molar-refractivity contribution in [3.63, 3.8) is 0 Å². The molecule has 2 N–H and O–H groups in total. The second kappa shape index (κ2) is 7.71. The molecule has 7 nitrogen and oxygen atoms in total. The molecule has 0 bridgehead atoms. The van der Waals surface area contributed by atoms with Gasteiger partial charge in [0.05, 0.1) is 0 Å². The first-order valence-electron chi connectivity index (χ1n) is 10.3. The van der Waals surface area contributed by atoms with E-state index in [0.29, 0.717) is 13.1 Å². The van der Waals surface area contributed by atoms with Gasteiger partial charge in [0.25, 0.3) is 0 Å². The molecule has 1 spiro atoms. The maximum absolute atomic E-state index is 12.4. The lowest BCUT2D eigenvalue weighted by Gasteiger charge is -2.47. The fourth-order valence-corrected chi connectivity index (χ4v) is 4.15. The van der Waals surface area contributed by atoms with E-state index < -0.39 is 5.60 Å². The Morgan fingerprint density at radius 3 is 2.76 bits per heavy atom. The zero-order chi connectivity index (χ0) is 20.5. The van der Waals surface area contributed by atoms with Crippen molar-refractivity contribution in [2.75, 3.05) is 13.1 Å². The van der Waals surface area contributed by atoms with Crippen molar-refractivity contribution in [3.05, 3.63) is 47.8 Å². The van der Waals surface area contributed by atoms with Crippen LogP contribution < -0.4 is 10.1 Å². The van der Waals surface area contributed by atoms with Gasteiger partial charge in [0.1, 0.15) is 17.0 Å². The standard InChI is InChI=1S/C22H30N4O3/c1-21(2,3)29-20(27)26-12-9-22(10-13-26)14-18(23-15-16-8-11-24-25-16)17-6-4-5-7-19(17)28-22/h4-8,11,18,23H,9-10,12-15H2,1-3H3,(H,24,25). The van der Waals surface area contributed by atoms with E-state index in [0.717, 1.165) is 37.3 Å². The van der Waals surface area contributed by atoms with Gasteiger partial charge in [-0.3, -0.25) is 5.10 Å². The number of fused-ring (bicyclic) bond motifs is 1. The highest BCUT2D eigenvalue weighted by atomic mass is 16.6. The molecule has 29 heavy (non-hydrogen) atoms. The molecule has 2 aliphatic rings. The Balaban J connectivity index is 1.45. The monoisotopic (exact) mass is 398 g/mol. The number of benzene rings is 1. The van der Waals surface area contributed by atoms with Crippen molar-refractivity contribution in [2.24, 2.45) is 0 Å². The van der Waals surface area contributed by atoms with E-state index >= 15 is 0 Å². The summed E-state index contributed by atoms with van der Waals surface area (Å²) >= 11 is 0. The number of rotatable bonds is 3. The maximum Gasteiger partial charge on any atom is 0.410 e. The Morgan fingerprint density at radius 2 is 2.07 bits per heavy atom. The van der Waals surface area contributed by atoms with Gasteiger partial charge in [0, 0.05) is 62.4 Å². The number of carbonyl (C=O) groups is 1. The number of hydrogen-bond acceptors (Lipinski definition) is 5. The van der Waals surface area contributed by atoms with Crippen molar-refractivity contribution in [2.45, 2.75) is 63.8 Å². The number of nitrogens with zero attached hydrogens (tertiary/aromatic N) is 2. The molecule has 1 saturated heterocycles. The van der Waals surface area contributed by atoms with Crippen LogP contribution in [0.1, 0.15) is 57.3 Å². The van der Waals surface area contributed by atoms with Crippen LogP contribution in [0.25, 0.3) is 0 Å². The summed E-state index contributed by atoms with van der Waals surface area (Å²) in [7, 11) is 0. The average molecular weight is 399 g/mol. The number of nitrogens with one attached hydrogen (secondary N) is 2. The Labute approximate surface area is 171 Å². The number of H-pyrrole nitrogens is 1. The minimum Gasteiger partial charge on any atom is -0.487 e. The molecule has 4 rings (SSSR count). The van der Waals surface area contributed by atoms with Gasteiger partial charge in [-0.25, -0.2) is 4.79 Å². The van der Waals surface area contributed by atoms with Crippen LogP contribution in [0.4, 0.5) is 4.79 Å². The summed E-state index contributed by atoms with van der Waals surface area (Å²) in [6.45, 7) is 7.70. The van der Waals surface area contributed by atoms with Crippen LogP contribution in [0.2, 0.25) is 0 Å². The fourth-order valence-electron chi connectivity index (χ4n) is 4.15. The predicted octanol–water partition coefficient (Wildman–Crippen LogP) is 3.79. The first-order chi connectivity index (χ1) is 13.8. The SMILES string of the molecule is CC(C)(C)OC(=O)N1CCC2(CC1)CC(NCc1ccn[nH]1)c1ccccc1O2. The lowest BCUT2D eigenvalue weighted by molar-refractivity contribution is -0.0347. The molecular formula is C22H30N4O3. The lowest BCUT2D eigenvalue weighted by atomic mass is 9.80. The van der Waals surface area contributed by atoms with Crippen molar-refractivity contribution in [1.82, 2.24) is 20.4 Å². The highest BCUT2D eigenvalue weighted by Gasteiger charge is 2.44. The minimum absolute atomic E-state index is 0.191. The summed E-state index contributed by atoms with van der Waals surface area (Å²) in [5.74, 6) is 0.937. The highest BCUT2D eigenvalue weighted by Crippen LogP contribution is 2.44. The number of para-hydroxylation sites is 1. The largest absolute Gasteiger partial charge is 0.487 e. The summed E-state index contributed by atoms with van der Waals surface area (Å²) in [5.41, 5.74) is 1.50. The first kappa shape index (κ1) is 19.8. The lowest BCUT2D eigenvalue weighted by Crippen LogP contribution is -2.53. The van der Waals surface area contributed by atoms with Crippen molar-refractivity contribution >= 4 is 6.09 Å². The molecule has 1 aromatic carbocycles. The summed E-state index contributed by atoms with van der Waals surface area (Å²) < 4.78 is 12.1. The third kappa shape index (κ3) is 4.56.